The molecule has 0 spiro atoms. The van der Waals surface area contributed by atoms with Crippen LogP contribution in [0.4, 0.5) is 0 Å². The zero-order valence-corrected chi connectivity index (χ0v) is 6.92. The summed E-state index contributed by atoms with van der Waals surface area (Å²) in [5.74, 6) is 0.553. The van der Waals surface area contributed by atoms with Gasteiger partial charge in [0.2, 0.25) is 0 Å². The summed E-state index contributed by atoms with van der Waals surface area (Å²) < 4.78 is 0. The third-order valence-corrected chi connectivity index (χ3v) is 3.43. The first kappa shape index (κ1) is 8.85. The van der Waals surface area contributed by atoms with Crippen molar-refractivity contribution in [3.63, 3.8) is 0 Å². The average molecular weight is 173 g/mol. The molecular formula is C7H11NO2S. The molecule has 0 saturated carbocycles. The fourth-order valence-corrected chi connectivity index (χ4v) is 2.66. The molecule has 1 saturated heterocycles. The topological polar surface area (TPSA) is 64.2 Å². The molecule has 0 aromatic heterocycles. The van der Waals surface area contributed by atoms with Gasteiger partial charge in [-0.05, 0) is 0 Å². The van der Waals surface area contributed by atoms with Gasteiger partial charge in [0, 0.05) is 29.9 Å². The van der Waals surface area contributed by atoms with Gasteiger partial charge in [0.25, 0.3) is 0 Å². The van der Waals surface area contributed by atoms with Crippen LogP contribution in [-0.2, 0) is 0 Å². The number of aliphatic hydroxyl groups is 2. The number of rotatable bonds is 2. The van der Waals surface area contributed by atoms with E-state index in [1.54, 1.807) is 11.8 Å². The molecule has 0 radical (unpaired) electrons. The summed E-state index contributed by atoms with van der Waals surface area (Å²) >= 11 is 1.58. The lowest BCUT2D eigenvalue weighted by Crippen LogP contribution is -2.26. The lowest BCUT2D eigenvalue weighted by Gasteiger charge is -2.15. The van der Waals surface area contributed by atoms with Crippen LogP contribution in [0.2, 0.25) is 0 Å². The fourth-order valence-electron chi connectivity index (χ4n) is 1.26. The Morgan fingerprint density at radius 2 is 2.36 bits per heavy atom. The minimum atomic E-state index is -0.427. The van der Waals surface area contributed by atoms with Gasteiger partial charge in [0.1, 0.15) is 0 Å². The van der Waals surface area contributed by atoms with E-state index in [1.807, 2.05) is 0 Å². The summed E-state index contributed by atoms with van der Waals surface area (Å²) in [6, 6.07) is 2.05. The molecule has 1 heterocycles. The highest BCUT2D eigenvalue weighted by molar-refractivity contribution is 8.00. The minimum Gasteiger partial charge on any atom is -0.396 e. The van der Waals surface area contributed by atoms with Crippen molar-refractivity contribution in [1.29, 1.82) is 5.26 Å². The smallest absolute Gasteiger partial charge is 0.0691 e. The Bertz CT molecular complexity index is 168. The second-order valence-corrected chi connectivity index (χ2v) is 3.92. The van der Waals surface area contributed by atoms with Crippen molar-refractivity contribution in [3.8, 4) is 6.07 Å². The predicted molar refractivity (Wildman–Crippen MR) is 43.1 cm³/mol. The van der Waals surface area contributed by atoms with E-state index in [1.165, 1.54) is 0 Å². The monoisotopic (exact) mass is 173 g/mol. The molecule has 1 aliphatic heterocycles. The van der Waals surface area contributed by atoms with E-state index in [2.05, 4.69) is 6.07 Å². The maximum Gasteiger partial charge on any atom is 0.0691 e. The van der Waals surface area contributed by atoms with Crippen LogP contribution in [0.15, 0.2) is 0 Å². The fraction of sp³-hybridized carbons (Fsp3) is 0.857. The van der Waals surface area contributed by atoms with Gasteiger partial charge in [-0.3, -0.25) is 0 Å². The van der Waals surface area contributed by atoms with Crippen LogP contribution in [0.25, 0.3) is 0 Å². The Labute approximate surface area is 70.0 Å². The van der Waals surface area contributed by atoms with E-state index >= 15 is 0 Å². The number of aliphatic hydroxyl groups excluding tert-OH is 2. The summed E-state index contributed by atoms with van der Waals surface area (Å²) in [5, 5.41) is 26.7. The summed E-state index contributed by atoms with van der Waals surface area (Å²) in [4.78, 5) is 0. The molecule has 4 heteroatoms. The van der Waals surface area contributed by atoms with Crippen LogP contribution < -0.4 is 0 Å². The number of thioether (sulfide) groups is 1. The maximum absolute atomic E-state index is 9.30. The van der Waals surface area contributed by atoms with E-state index < -0.39 is 6.10 Å². The second-order valence-electron chi connectivity index (χ2n) is 2.65. The molecule has 0 aromatic rings. The van der Waals surface area contributed by atoms with E-state index in [9.17, 15) is 5.11 Å². The van der Waals surface area contributed by atoms with E-state index in [0.717, 1.165) is 0 Å². The lowest BCUT2D eigenvalue weighted by atomic mass is 9.99. The molecule has 3 unspecified atom stereocenters. The lowest BCUT2D eigenvalue weighted by molar-refractivity contribution is 0.0920. The van der Waals surface area contributed by atoms with E-state index in [4.69, 9.17) is 10.4 Å². The first-order chi connectivity index (χ1) is 5.29. The first-order valence-corrected chi connectivity index (χ1v) is 4.62. The zero-order valence-electron chi connectivity index (χ0n) is 6.10. The molecule has 11 heavy (non-hydrogen) atoms. The molecule has 1 rings (SSSR count). The molecule has 3 atom stereocenters. The first-order valence-electron chi connectivity index (χ1n) is 3.57. The van der Waals surface area contributed by atoms with Gasteiger partial charge >= 0.3 is 0 Å². The molecule has 0 bridgehead atoms. The molecule has 2 N–H and O–H groups in total. The van der Waals surface area contributed by atoms with Gasteiger partial charge < -0.3 is 10.2 Å². The van der Waals surface area contributed by atoms with Crippen molar-refractivity contribution in [2.24, 2.45) is 5.92 Å². The van der Waals surface area contributed by atoms with Crippen molar-refractivity contribution in [3.05, 3.63) is 0 Å². The third kappa shape index (κ3) is 1.86. The van der Waals surface area contributed by atoms with Gasteiger partial charge in [-0.25, -0.2) is 0 Å². The van der Waals surface area contributed by atoms with Crippen molar-refractivity contribution >= 4 is 11.8 Å². The molecule has 3 nitrogen and oxygen atoms in total. The van der Waals surface area contributed by atoms with Crippen molar-refractivity contribution in [1.82, 2.24) is 0 Å². The molecule has 0 aromatic carbocycles. The average Bonchev–Trinajstić information content (AvgIpc) is 2.33. The Morgan fingerprint density at radius 3 is 2.91 bits per heavy atom. The van der Waals surface area contributed by atoms with Gasteiger partial charge in [-0.15, -0.1) is 0 Å². The summed E-state index contributed by atoms with van der Waals surface area (Å²) in [6.07, 6.45) is -0.00389. The highest BCUT2D eigenvalue weighted by Crippen LogP contribution is 2.34. The van der Waals surface area contributed by atoms with Crippen molar-refractivity contribution < 1.29 is 10.2 Å². The molecule has 1 fully saturated rings. The molecule has 0 amide bonds. The Kier molecular flexibility index (Phi) is 3.18. The van der Waals surface area contributed by atoms with Crippen molar-refractivity contribution in [2.75, 3.05) is 12.4 Å². The van der Waals surface area contributed by atoms with Crippen LogP contribution in [0.5, 0.6) is 0 Å². The van der Waals surface area contributed by atoms with Gasteiger partial charge in [-0.2, -0.15) is 17.0 Å². The van der Waals surface area contributed by atoms with E-state index in [0.29, 0.717) is 12.2 Å². The van der Waals surface area contributed by atoms with Crippen molar-refractivity contribution in [2.45, 2.75) is 17.8 Å². The normalized spacial score (nSPS) is 37.0. The molecule has 1 aliphatic rings. The number of nitriles is 1. The van der Waals surface area contributed by atoms with Crippen LogP contribution in [0.3, 0.4) is 0 Å². The van der Waals surface area contributed by atoms with Crippen LogP contribution >= 0.6 is 11.8 Å². The minimum absolute atomic E-state index is 0.0134. The van der Waals surface area contributed by atoms with Gasteiger partial charge in [0.15, 0.2) is 0 Å². The Morgan fingerprint density at radius 1 is 1.64 bits per heavy atom. The van der Waals surface area contributed by atoms with Crippen LogP contribution in [0.1, 0.15) is 6.42 Å². The summed E-state index contributed by atoms with van der Waals surface area (Å²) in [5.41, 5.74) is 0. The van der Waals surface area contributed by atoms with Crippen LogP contribution in [0, 0.1) is 17.2 Å². The summed E-state index contributed by atoms with van der Waals surface area (Å²) in [6.45, 7) is -0.0134. The molecular weight excluding hydrogens is 162 g/mol. The summed E-state index contributed by atoms with van der Waals surface area (Å²) in [7, 11) is 0. The Hall–Kier alpha value is -0.240. The maximum atomic E-state index is 9.30. The standard InChI is InChI=1S/C7H11NO2S/c8-2-1-7-5(3-9)6(10)4-11-7/h5-7,9-10H,1,3-4H2. The largest absolute Gasteiger partial charge is 0.396 e. The third-order valence-electron chi connectivity index (χ3n) is 1.96. The van der Waals surface area contributed by atoms with Gasteiger partial charge in [0.05, 0.1) is 12.2 Å². The number of nitrogens with zero attached hydrogens (tertiary/aromatic N) is 1. The number of hydrogen-bond acceptors (Lipinski definition) is 4. The molecule has 0 aliphatic carbocycles. The highest BCUT2D eigenvalue weighted by Gasteiger charge is 2.34. The highest BCUT2D eigenvalue weighted by atomic mass is 32.2. The quantitative estimate of drug-likeness (QED) is 0.616. The Balaban J connectivity index is 2.48. The van der Waals surface area contributed by atoms with Crippen LogP contribution in [-0.4, -0.2) is 33.9 Å². The molecule has 62 valence electrons. The second kappa shape index (κ2) is 3.96. The zero-order chi connectivity index (χ0) is 8.27. The van der Waals surface area contributed by atoms with E-state index in [-0.39, 0.29) is 17.8 Å². The number of hydrogen-bond donors (Lipinski definition) is 2. The SMILES string of the molecule is N#CCC1SCC(O)C1CO. The predicted octanol–water partition coefficient (Wildman–Crippen LogP) is -0.0151. The van der Waals surface area contributed by atoms with Gasteiger partial charge in [-0.1, -0.05) is 0 Å².